The smallest absolute Gasteiger partial charge is 0.305 e. The molecule has 4 nitrogen and oxygen atoms in total. The van der Waals surface area contributed by atoms with Gasteiger partial charge in [0.05, 0.1) is 0 Å². The molecule has 0 amide bonds. The maximum absolute atomic E-state index is 11.3. The molecule has 0 fully saturated rings. The average molecular weight is 332 g/mol. The van der Waals surface area contributed by atoms with Crippen molar-refractivity contribution in [2.24, 2.45) is 5.92 Å². The molecule has 0 bridgehead atoms. The highest BCUT2D eigenvalue weighted by atomic mass is 16.7. The van der Waals surface area contributed by atoms with E-state index in [1.807, 2.05) is 32.1 Å². The molecule has 0 radical (unpaired) electrons. The first kappa shape index (κ1) is 19.9. The first-order valence-corrected chi connectivity index (χ1v) is 8.17. The SMILES string of the molecule is CC(=O)OC(OC(C)=O)C(=Cc1ccc(C(C)(C)C)cc1)C(C)C. The van der Waals surface area contributed by atoms with Crippen LogP contribution in [0.2, 0.25) is 0 Å². The number of rotatable bonds is 5. The van der Waals surface area contributed by atoms with E-state index in [1.165, 1.54) is 19.4 Å². The zero-order valence-electron chi connectivity index (χ0n) is 15.7. The molecule has 0 aromatic heterocycles. The van der Waals surface area contributed by atoms with E-state index in [4.69, 9.17) is 9.47 Å². The first-order valence-electron chi connectivity index (χ1n) is 8.17. The number of ether oxygens (including phenoxy) is 2. The van der Waals surface area contributed by atoms with Crippen molar-refractivity contribution in [3.63, 3.8) is 0 Å². The third-order valence-corrected chi connectivity index (χ3v) is 3.59. The molecule has 0 aliphatic carbocycles. The van der Waals surface area contributed by atoms with Gasteiger partial charge in [0, 0.05) is 19.4 Å². The maximum atomic E-state index is 11.3. The minimum Gasteiger partial charge on any atom is -0.421 e. The van der Waals surface area contributed by atoms with Gasteiger partial charge in [-0.15, -0.1) is 0 Å². The molecule has 132 valence electrons. The van der Waals surface area contributed by atoms with Crippen LogP contribution in [0.5, 0.6) is 0 Å². The lowest BCUT2D eigenvalue weighted by Gasteiger charge is -2.23. The lowest BCUT2D eigenvalue weighted by molar-refractivity contribution is -0.178. The Labute approximate surface area is 144 Å². The van der Waals surface area contributed by atoms with Crippen molar-refractivity contribution in [1.29, 1.82) is 0 Å². The second kappa shape index (κ2) is 8.13. The molecule has 1 rings (SSSR count). The van der Waals surface area contributed by atoms with E-state index in [0.717, 1.165) is 11.1 Å². The van der Waals surface area contributed by atoms with Gasteiger partial charge in [-0.05, 0) is 28.5 Å². The number of hydrogen-bond donors (Lipinski definition) is 0. The predicted molar refractivity (Wildman–Crippen MR) is 95.3 cm³/mol. The van der Waals surface area contributed by atoms with Crippen molar-refractivity contribution in [2.45, 2.75) is 60.2 Å². The van der Waals surface area contributed by atoms with Gasteiger partial charge in [0.1, 0.15) is 0 Å². The monoisotopic (exact) mass is 332 g/mol. The molecule has 0 atom stereocenters. The van der Waals surface area contributed by atoms with E-state index in [1.54, 1.807) is 0 Å². The zero-order chi connectivity index (χ0) is 18.5. The van der Waals surface area contributed by atoms with Crippen molar-refractivity contribution < 1.29 is 19.1 Å². The number of carbonyl (C=O) groups excluding carboxylic acids is 2. The van der Waals surface area contributed by atoms with E-state index in [-0.39, 0.29) is 11.3 Å². The molecule has 0 saturated heterocycles. The summed E-state index contributed by atoms with van der Waals surface area (Å²) in [6.07, 6.45) is 0.912. The van der Waals surface area contributed by atoms with Gasteiger partial charge in [0.2, 0.25) is 0 Å². The Balaban J connectivity index is 3.18. The van der Waals surface area contributed by atoms with Gasteiger partial charge in [-0.25, -0.2) is 0 Å². The fourth-order valence-corrected chi connectivity index (χ4v) is 2.24. The highest BCUT2D eigenvalue weighted by molar-refractivity contribution is 5.69. The molecule has 0 N–H and O–H groups in total. The summed E-state index contributed by atoms with van der Waals surface area (Å²) in [5.41, 5.74) is 3.03. The van der Waals surface area contributed by atoms with Crippen LogP contribution >= 0.6 is 0 Å². The van der Waals surface area contributed by atoms with Crippen LogP contribution in [0.25, 0.3) is 6.08 Å². The van der Waals surface area contributed by atoms with Crippen molar-refractivity contribution in [2.75, 3.05) is 0 Å². The van der Waals surface area contributed by atoms with Crippen LogP contribution in [0.4, 0.5) is 0 Å². The maximum Gasteiger partial charge on any atom is 0.305 e. The Bertz CT molecular complexity index is 588. The molecular formula is C20H28O4. The van der Waals surface area contributed by atoms with Gasteiger partial charge >= 0.3 is 11.9 Å². The summed E-state index contributed by atoms with van der Waals surface area (Å²) in [6.45, 7) is 13.0. The van der Waals surface area contributed by atoms with Crippen molar-refractivity contribution >= 4 is 18.0 Å². The summed E-state index contributed by atoms with van der Waals surface area (Å²) in [6, 6.07) is 8.19. The molecule has 4 heteroatoms. The number of benzene rings is 1. The predicted octanol–water partition coefficient (Wildman–Crippen LogP) is 4.48. The van der Waals surface area contributed by atoms with Crippen LogP contribution < -0.4 is 0 Å². The second-order valence-corrected chi connectivity index (χ2v) is 7.22. The molecule has 0 saturated carbocycles. The Morgan fingerprint density at radius 1 is 0.958 bits per heavy atom. The number of carbonyl (C=O) groups is 2. The summed E-state index contributed by atoms with van der Waals surface area (Å²) >= 11 is 0. The minimum absolute atomic E-state index is 0.0518. The van der Waals surface area contributed by atoms with Crippen LogP contribution in [-0.4, -0.2) is 18.2 Å². The van der Waals surface area contributed by atoms with Gasteiger partial charge < -0.3 is 9.47 Å². The van der Waals surface area contributed by atoms with Crippen LogP contribution in [-0.2, 0) is 24.5 Å². The van der Waals surface area contributed by atoms with Gasteiger partial charge in [-0.2, -0.15) is 0 Å². The highest BCUT2D eigenvalue weighted by Crippen LogP contribution is 2.25. The molecule has 1 aromatic carbocycles. The van der Waals surface area contributed by atoms with Gasteiger partial charge in [0.25, 0.3) is 6.29 Å². The fourth-order valence-electron chi connectivity index (χ4n) is 2.24. The van der Waals surface area contributed by atoms with E-state index in [9.17, 15) is 9.59 Å². The second-order valence-electron chi connectivity index (χ2n) is 7.22. The van der Waals surface area contributed by atoms with Crippen LogP contribution in [0.3, 0.4) is 0 Å². The Hall–Kier alpha value is -2.10. The topological polar surface area (TPSA) is 52.6 Å². The zero-order valence-corrected chi connectivity index (χ0v) is 15.7. The molecule has 1 aromatic rings. The van der Waals surface area contributed by atoms with Crippen molar-refractivity contribution in [3.8, 4) is 0 Å². The Morgan fingerprint density at radius 3 is 1.75 bits per heavy atom. The number of hydrogen-bond acceptors (Lipinski definition) is 4. The largest absolute Gasteiger partial charge is 0.421 e. The van der Waals surface area contributed by atoms with Crippen LogP contribution in [0.1, 0.15) is 59.6 Å². The van der Waals surface area contributed by atoms with Crippen LogP contribution in [0.15, 0.2) is 29.8 Å². The molecular weight excluding hydrogens is 304 g/mol. The molecule has 0 heterocycles. The highest BCUT2D eigenvalue weighted by Gasteiger charge is 2.23. The summed E-state index contributed by atoms with van der Waals surface area (Å²) < 4.78 is 10.4. The summed E-state index contributed by atoms with van der Waals surface area (Å²) in [4.78, 5) is 22.7. The van der Waals surface area contributed by atoms with Gasteiger partial charge in [0.15, 0.2) is 0 Å². The van der Waals surface area contributed by atoms with Gasteiger partial charge in [-0.3, -0.25) is 9.59 Å². The van der Waals surface area contributed by atoms with Gasteiger partial charge in [-0.1, -0.05) is 58.9 Å². The Kier molecular flexibility index (Phi) is 6.76. The van der Waals surface area contributed by atoms with E-state index < -0.39 is 18.2 Å². The van der Waals surface area contributed by atoms with E-state index >= 15 is 0 Å². The van der Waals surface area contributed by atoms with E-state index in [2.05, 4.69) is 32.9 Å². The lowest BCUT2D eigenvalue weighted by Crippen LogP contribution is -2.26. The summed E-state index contributed by atoms with van der Waals surface area (Å²) in [5.74, 6) is -0.928. The normalized spacial score (nSPS) is 12.5. The average Bonchev–Trinajstić information content (AvgIpc) is 2.42. The number of esters is 2. The first-order chi connectivity index (χ1) is 11.0. The van der Waals surface area contributed by atoms with Crippen molar-refractivity contribution in [3.05, 3.63) is 41.0 Å². The quantitative estimate of drug-likeness (QED) is 0.589. The summed E-state index contributed by atoms with van der Waals surface area (Å²) in [7, 11) is 0. The minimum atomic E-state index is -0.998. The Morgan fingerprint density at radius 2 is 1.42 bits per heavy atom. The standard InChI is InChI=1S/C20H28O4/c1-13(2)18(19(23-14(3)21)24-15(4)22)12-16-8-10-17(11-9-16)20(5,6)7/h8-13,19H,1-7H3. The molecule has 0 aliphatic heterocycles. The van der Waals surface area contributed by atoms with E-state index in [0.29, 0.717) is 0 Å². The van der Waals surface area contributed by atoms with Crippen LogP contribution in [0, 0.1) is 5.92 Å². The lowest BCUT2D eigenvalue weighted by atomic mass is 9.86. The molecule has 0 spiro atoms. The fraction of sp³-hybridized carbons (Fsp3) is 0.500. The third kappa shape index (κ3) is 6.19. The van der Waals surface area contributed by atoms with Crippen molar-refractivity contribution in [1.82, 2.24) is 0 Å². The third-order valence-electron chi connectivity index (χ3n) is 3.59. The molecule has 24 heavy (non-hydrogen) atoms. The summed E-state index contributed by atoms with van der Waals surface area (Å²) in [5, 5.41) is 0. The molecule has 0 aliphatic rings. The molecule has 0 unspecified atom stereocenters.